The largest absolute Gasteiger partial charge is 0.418 e. The fourth-order valence-corrected chi connectivity index (χ4v) is 5.50. The van der Waals surface area contributed by atoms with Crippen molar-refractivity contribution >= 4 is 33.3 Å². The molecule has 6 nitrogen and oxygen atoms in total. The molecule has 2 fully saturated rings. The van der Waals surface area contributed by atoms with E-state index in [9.17, 15) is 22.2 Å². The lowest BCUT2D eigenvalue weighted by Gasteiger charge is -2.39. The normalized spacial score (nSPS) is 26.1. The van der Waals surface area contributed by atoms with Gasteiger partial charge in [-0.25, -0.2) is 0 Å². The lowest BCUT2D eigenvalue weighted by molar-refractivity contribution is -0.136. The standard InChI is InChI=1S/C22H27F3N4O2S/c1-14-9-15(26-8-6-20(30)28-16-12-32(31)13-16)11-29(10-14)19-5-4-18(22(23,24)25)21-17(19)3-2-7-27-21/h2-5,7,14-16,26H,6,8-13H2,1H3,(H,28,30). The number of aromatic nitrogens is 1. The molecule has 10 heteroatoms. The van der Waals surface area contributed by atoms with Gasteiger partial charge in [0.25, 0.3) is 0 Å². The first kappa shape index (κ1) is 23.0. The van der Waals surface area contributed by atoms with E-state index in [-0.39, 0.29) is 23.5 Å². The summed E-state index contributed by atoms with van der Waals surface area (Å²) in [7, 11) is -0.794. The number of hydrogen-bond donors (Lipinski definition) is 2. The number of pyridine rings is 1. The summed E-state index contributed by atoms with van der Waals surface area (Å²) in [5, 5.41) is 6.80. The van der Waals surface area contributed by atoms with Crippen LogP contribution in [-0.2, 0) is 21.8 Å². The Labute approximate surface area is 187 Å². The number of amides is 1. The van der Waals surface area contributed by atoms with Crippen molar-refractivity contribution in [1.82, 2.24) is 15.6 Å². The van der Waals surface area contributed by atoms with Gasteiger partial charge in [0.2, 0.25) is 5.91 Å². The topological polar surface area (TPSA) is 74.3 Å². The summed E-state index contributed by atoms with van der Waals surface area (Å²) in [5.74, 6) is 1.35. The molecule has 0 saturated carbocycles. The third-order valence-corrected chi connectivity index (χ3v) is 7.53. The van der Waals surface area contributed by atoms with Crippen molar-refractivity contribution in [2.75, 3.05) is 36.0 Å². The quantitative estimate of drug-likeness (QED) is 0.682. The maximum atomic E-state index is 13.4. The third kappa shape index (κ3) is 5.23. The Balaban J connectivity index is 1.42. The van der Waals surface area contributed by atoms with Crippen LogP contribution >= 0.6 is 0 Å². The molecule has 2 aliphatic rings. The monoisotopic (exact) mass is 468 g/mol. The minimum absolute atomic E-state index is 0.0232. The number of anilines is 1. The van der Waals surface area contributed by atoms with Crippen molar-refractivity contribution in [3.63, 3.8) is 0 Å². The van der Waals surface area contributed by atoms with E-state index >= 15 is 0 Å². The summed E-state index contributed by atoms with van der Waals surface area (Å²) in [4.78, 5) is 18.2. The van der Waals surface area contributed by atoms with Crippen LogP contribution in [0.3, 0.4) is 0 Å². The minimum atomic E-state index is -4.46. The highest BCUT2D eigenvalue weighted by Crippen LogP contribution is 2.38. The highest BCUT2D eigenvalue weighted by Gasteiger charge is 2.35. The smallest absolute Gasteiger partial charge is 0.369 e. The number of nitrogens with one attached hydrogen (secondary N) is 2. The molecule has 2 saturated heterocycles. The number of rotatable bonds is 6. The molecule has 32 heavy (non-hydrogen) atoms. The van der Waals surface area contributed by atoms with Gasteiger partial charge in [0, 0.05) is 71.7 Å². The Morgan fingerprint density at radius 2 is 2.00 bits per heavy atom. The Kier molecular flexibility index (Phi) is 6.71. The van der Waals surface area contributed by atoms with Crippen LogP contribution in [0, 0.1) is 5.92 Å². The predicted octanol–water partition coefficient (Wildman–Crippen LogP) is 2.70. The van der Waals surface area contributed by atoms with Crippen LogP contribution in [0.5, 0.6) is 0 Å². The molecule has 0 bridgehead atoms. The van der Waals surface area contributed by atoms with E-state index in [0.29, 0.717) is 42.3 Å². The SMILES string of the molecule is CC1CC(NCCC(=O)NC2CS(=O)C2)CN(c2ccc(C(F)(F)F)c3ncccc23)C1. The number of fused-ring (bicyclic) bond motifs is 1. The van der Waals surface area contributed by atoms with Gasteiger partial charge in [0.15, 0.2) is 0 Å². The van der Waals surface area contributed by atoms with Gasteiger partial charge in [-0.05, 0) is 36.6 Å². The number of benzene rings is 1. The van der Waals surface area contributed by atoms with E-state index in [1.165, 1.54) is 12.3 Å². The summed E-state index contributed by atoms with van der Waals surface area (Å²) >= 11 is 0. The number of alkyl halides is 3. The molecular formula is C22H27F3N4O2S. The molecule has 1 aromatic carbocycles. The third-order valence-electron chi connectivity index (χ3n) is 5.98. The molecule has 174 valence electrons. The van der Waals surface area contributed by atoms with Crippen molar-refractivity contribution in [1.29, 1.82) is 0 Å². The number of carbonyl (C=O) groups excluding carboxylic acids is 1. The van der Waals surface area contributed by atoms with Crippen LogP contribution in [-0.4, -0.2) is 58.3 Å². The zero-order chi connectivity index (χ0) is 22.9. The van der Waals surface area contributed by atoms with Gasteiger partial charge in [-0.2, -0.15) is 13.2 Å². The molecule has 1 amide bonds. The van der Waals surface area contributed by atoms with E-state index in [1.807, 2.05) is 0 Å². The van der Waals surface area contributed by atoms with E-state index in [4.69, 9.17) is 0 Å². The number of piperidine rings is 1. The highest BCUT2D eigenvalue weighted by molar-refractivity contribution is 7.86. The van der Waals surface area contributed by atoms with Gasteiger partial charge in [0.1, 0.15) is 0 Å². The first-order valence-electron chi connectivity index (χ1n) is 10.8. The second-order valence-electron chi connectivity index (χ2n) is 8.71. The summed E-state index contributed by atoms with van der Waals surface area (Å²) in [6.07, 6.45) is -1.81. The molecule has 2 atom stereocenters. The van der Waals surface area contributed by atoms with Crippen LogP contribution in [0.2, 0.25) is 0 Å². The van der Waals surface area contributed by atoms with Gasteiger partial charge >= 0.3 is 6.18 Å². The fraction of sp³-hybridized carbons (Fsp3) is 0.545. The molecule has 1 aromatic heterocycles. The number of carbonyl (C=O) groups is 1. The van der Waals surface area contributed by atoms with E-state index < -0.39 is 22.5 Å². The van der Waals surface area contributed by atoms with Gasteiger partial charge in [-0.1, -0.05) is 6.92 Å². The molecule has 2 aromatic rings. The summed E-state index contributed by atoms with van der Waals surface area (Å²) in [5.41, 5.74) is -0.0121. The van der Waals surface area contributed by atoms with E-state index in [1.54, 1.807) is 12.1 Å². The van der Waals surface area contributed by atoms with Crippen LogP contribution in [0.15, 0.2) is 30.5 Å². The van der Waals surface area contributed by atoms with Crippen molar-refractivity contribution in [3.8, 4) is 0 Å². The predicted molar refractivity (Wildman–Crippen MR) is 119 cm³/mol. The lowest BCUT2D eigenvalue weighted by atomic mass is 9.94. The number of hydrogen-bond acceptors (Lipinski definition) is 5. The average Bonchev–Trinajstić information content (AvgIpc) is 2.70. The Bertz CT molecular complexity index is 1010. The molecule has 3 heterocycles. The first-order valence-corrected chi connectivity index (χ1v) is 12.3. The van der Waals surface area contributed by atoms with Gasteiger partial charge < -0.3 is 15.5 Å². The maximum Gasteiger partial charge on any atom is 0.418 e. The first-order chi connectivity index (χ1) is 15.2. The van der Waals surface area contributed by atoms with E-state index in [0.717, 1.165) is 24.7 Å². The van der Waals surface area contributed by atoms with Gasteiger partial charge in [0.05, 0.1) is 17.1 Å². The molecule has 2 aliphatic heterocycles. The van der Waals surface area contributed by atoms with Crippen LogP contribution < -0.4 is 15.5 Å². The summed E-state index contributed by atoms with van der Waals surface area (Å²) < 4.78 is 51.4. The van der Waals surface area contributed by atoms with Crippen LogP contribution in [0.4, 0.5) is 18.9 Å². The van der Waals surface area contributed by atoms with Crippen LogP contribution in [0.1, 0.15) is 25.3 Å². The molecule has 2 unspecified atom stereocenters. The zero-order valence-electron chi connectivity index (χ0n) is 17.8. The van der Waals surface area contributed by atoms with Crippen molar-refractivity contribution in [3.05, 3.63) is 36.0 Å². The number of nitrogens with zero attached hydrogens (tertiary/aromatic N) is 2. The molecule has 0 aliphatic carbocycles. The summed E-state index contributed by atoms with van der Waals surface area (Å²) in [6.45, 7) is 4.02. The average molecular weight is 469 g/mol. The second kappa shape index (κ2) is 9.35. The molecule has 0 radical (unpaired) electrons. The minimum Gasteiger partial charge on any atom is -0.369 e. The summed E-state index contributed by atoms with van der Waals surface area (Å²) in [6, 6.07) is 6.15. The van der Waals surface area contributed by atoms with Crippen molar-refractivity contribution in [2.45, 2.75) is 38.0 Å². The van der Waals surface area contributed by atoms with Crippen LogP contribution in [0.25, 0.3) is 10.9 Å². The molecular weight excluding hydrogens is 441 g/mol. The van der Waals surface area contributed by atoms with Gasteiger partial charge in [-0.3, -0.25) is 14.0 Å². The number of halogens is 3. The Morgan fingerprint density at radius 1 is 1.22 bits per heavy atom. The van der Waals surface area contributed by atoms with Gasteiger partial charge in [-0.15, -0.1) is 0 Å². The van der Waals surface area contributed by atoms with Crippen molar-refractivity contribution < 1.29 is 22.2 Å². The maximum absolute atomic E-state index is 13.4. The Hall–Kier alpha value is -2.20. The molecule has 2 N–H and O–H groups in total. The lowest BCUT2D eigenvalue weighted by Crippen LogP contribution is -2.51. The zero-order valence-corrected chi connectivity index (χ0v) is 18.6. The van der Waals surface area contributed by atoms with E-state index in [2.05, 4.69) is 27.4 Å². The second-order valence-corrected chi connectivity index (χ2v) is 10.3. The molecule has 4 rings (SSSR count). The Morgan fingerprint density at radius 3 is 2.72 bits per heavy atom. The molecule has 0 spiro atoms. The van der Waals surface area contributed by atoms with Crippen molar-refractivity contribution in [2.24, 2.45) is 5.92 Å². The fourth-order valence-electron chi connectivity index (χ4n) is 4.53. The highest BCUT2D eigenvalue weighted by atomic mass is 32.2.